The molecule has 0 aliphatic carbocycles. The second kappa shape index (κ2) is 10.6. The molecule has 2 heterocycles. The molecule has 0 spiro atoms. The number of rotatable bonds is 7. The fourth-order valence-corrected chi connectivity index (χ4v) is 4.13. The van der Waals surface area contributed by atoms with Gasteiger partial charge in [-0.05, 0) is 61.2 Å². The summed E-state index contributed by atoms with van der Waals surface area (Å²) in [5.74, 6) is 1.07. The summed E-state index contributed by atoms with van der Waals surface area (Å²) in [6.45, 7) is 2.64. The van der Waals surface area contributed by atoms with Crippen LogP contribution >= 0.6 is 11.8 Å². The highest BCUT2D eigenvalue weighted by atomic mass is 32.2. The van der Waals surface area contributed by atoms with E-state index in [0.717, 1.165) is 22.5 Å². The van der Waals surface area contributed by atoms with Crippen LogP contribution in [0.5, 0.6) is 11.5 Å². The van der Waals surface area contributed by atoms with Gasteiger partial charge in [0.15, 0.2) is 16.7 Å². The van der Waals surface area contributed by atoms with Gasteiger partial charge in [-0.1, -0.05) is 36.0 Å². The fraction of sp³-hybridized carbons (Fsp3) is 0.185. The average molecular weight is 476 g/mol. The number of ether oxygens (including phenoxy) is 2. The summed E-state index contributed by atoms with van der Waals surface area (Å²) in [5.41, 5.74) is 4.81. The Morgan fingerprint density at radius 2 is 1.74 bits per heavy atom. The van der Waals surface area contributed by atoms with Gasteiger partial charge in [-0.15, -0.1) is 0 Å². The highest BCUT2D eigenvalue weighted by Crippen LogP contribution is 2.32. The maximum Gasteiger partial charge on any atom is 0.188 e. The van der Waals surface area contributed by atoms with Crippen LogP contribution in [0.3, 0.4) is 0 Å². The van der Waals surface area contributed by atoms with E-state index in [1.807, 2.05) is 49.6 Å². The first-order chi connectivity index (χ1) is 16.6. The van der Waals surface area contributed by atoms with Crippen LogP contribution in [0.2, 0.25) is 0 Å². The van der Waals surface area contributed by atoms with Gasteiger partial charge >= 0.3 is 0 Å². The first-order valence-electron chi connectivity index (χ1n) is 10.8. The summed E-state index contributed by atoms with van der Waals surface area (Å²) < 4.78 is 25.3. The van der Waals surface area contributed by atoms with Crippen LogP contribution in [0.25, 0.3) is 16.8 Å². The SMILES string of the molecule is C/C=C1/C=CC(c2cc(-c3ccccc3F)nc(SC)n2)=CN1Cc1ccc(OC)c(OC)c1. The molecule has 4 rings (SSSR count). The van der Waals surface area contributed by atoms with E-state index in [9.17, 15) is 4.39 Å². The van der Waals surface area contributed by atoms with E-state index in [1.165, 1.54) is 17.8 Å². The minimum atomic E-state index is -0.307. The van der Waals surface area contributed by atoms with E-state index in [-0.39, 0.29) is 5.82 Å². The third kappa shape index (κ3) is 4.99. The van der Waals surface area contributed by atoms with Crippen molar-refractivity contribution in [3.05, 3.63) is 95.7 Å². The Bertz CT molecular complexity index is 1290. The molecule has 174 valence electrons. The van der Waals surface area contributed by atoms with E-state index in [4.69, 9.17) is 14.5 Å². The topological polar surface area (TPSA) is 47.5 Å². The van der Waals surface area contributed by atoms with Crippen LogP contribution in [0, 0.1) is 5.82 Å². The van der Waals surface area contributed by atoms with Gasteiger partial charge in [0, 0.05) is 29.6 Å². The predicted octanol–water partition coefficient (Wildman–Crippen LogP) is 6.34. The highest BCUT2D eigenvalue weighted by molar-refractivity contribution is 7.98. The molecule has 1 aliphatic heterocycles. The molecule has 34 heavy (non-hydrogen) atoms. The molecule has 2 aromatic carbocycles. The van der Waals surface area contributed by atoms with Gasteiger partial charge in [-0.25, -0.2) is 14.4 Å². The molecule has 0 atom stereocenters. The highest BCUT2D eigenvalue weighted by Gasteiger charge is 2.17. The van der Waals surface area contributed by atoms with Crippen LogP contribution in [-0.2, 0) is 6.54 Å². The molecule has 3 aromatic rings. The molecular weight excluding hydrogens is 449 g/mol. The summed E-state index contributed by atoms with van der Waals surface area (Å²) in [6.07, 6.45) is 10.1. The third-order valence-electron chi connectivity index (χ3n) is 5.49. The monoisotopic (exact) mass is 475 g/mol. The van der Waals surface area contributed by atoms with E-state index < -0.39 is 0 Å². The zero-order valence-electron chi connectivity index (χ0n) is 19.6. The minimum absolute atomic E-state index is 0.307. The van der Waals surface area contributed by atoms with Crippen molar-refractivity contribution in [1.29, 1.82) is 0 Å². The second-order valence-electron chi connectivity index (χ2n) is 7.55. The van der Waals surface area contributed by atoms with Gasteiger partial charge in [0.1, 0.15) is 5.82 Å². The number of thioether (sulfide) groups is 1. The molecule has 0 saturated heterocycles. The van der Waals surface area contributed by atoms with Crippen molar-refractivity contribution >= 4 is 17.3 Å². The summed E-state index contributed by atoms with van der Waals surface area (Å²) >= 11 is 1.43. The molecular formula is C27H26FN3O2S. The Morgan fingerprint density at radius 3 is 2.44 bits per heavy atom. The van der Waals surface area contributed by atoms with Crippen LogP contribution in [0.4, 0.5) is 4.39 Å². The minimum Gasteiger partial charge on any atom is -0.493 e. The lowest BCUT2D eigenvalue weighted by atomic mass is 10.0. The van der Waals surface area contributed by atoms with Crippen molar-refractivity contribution < 1.29 is 13.9 Å². The summed E-state index contributed by atoms with van der Waals surface area (Å²) in [4.78, 5) is 11.4. The molecule has 1 aromatic heterocycles. The standard InChI is InChI=1S/C27H26FN3O2S/c1-5-20-12-11-19(17-31(20)16-18-10-13-25(32-2)26(14-18)33-3)23-15-24(30-27(29-23)34-4)21-8-6-7-9-22(21)28/h5-15,17H,16H2,1-4H3/b20-5-. The van der Waals surface area contributed by atoms with Crippen LogP contribution < -0.4 is 9.47 Å². The Morgan fingerprint density at radius 1 is 0.971 bits per heavy atom. The van der Waals surface area contributed by atoms with Crippen molar-refractivity contribution in [2.45, 2.75) is 18.6 Å². The van der Waals surface area contributed by atoms with E-state index in [1.54, 1.807) is 26.4 Å². The van der Waals surface area contributed by atoms with E-state index in [0.29, 0.717) is 34.5 Å². The number of methoxy groups -OCH3 is 2. The van der Waals surface area contributed by atoms with E-state index in [2.05, 4.69) is 28.2 Å². The third-order valence-corrected chi connectivity index (χ3v) is 6.04. The van der Waals surface area contributed by atoms with Crippen LogP contribution in [0.15, 0.2) is 83.8 Å². The first-order valence-corrected chi connectivity index (χ1v) is 12.0. The zero-order valence-corrected chi connectivity index (χ0v) is 20.4. The molecule has 0 amide bonds. The van der Waals surface area contributed by atoms with Gasteiger partial charge in [-0.2, -0.15) is 0 Å². The normalized spacial score (nSPS) is 14.3. The summed E-state index contributed by atoms with van der Waals surface area (Å²) in [5, 5.41) is 0.591. The lowest BCUT2D eigenvalue weighted by Gasteiger charge is -2.26. The van der Waals surface area contributed by atoms with Crippen molar-refractivity contribution in [1.82, 2.24) is 14.9 Å². The lowest BCUT2D eigenvalue weighted by molar-refractivity contribution is 0.353. The summed E-state index contributed by atoms with van der Waals surface area (Å²) in [6, 6.07) is 14.4. The van der Waals surface area contributed by atoms with Crippen molar-refractivity contribution in [3.8, 4) is 22.8 Å². The Labute approximate surface area is 203 Å². The van der Waals surface area contributed by atoms with E-state index >= 15 is 0 Å². The fourth-order valence-electron chi connectivity index (χ4n) is 3.75. The smallest absolute Gasteiger partial charge is 0.188 e. The lowest BCUT2D eigenvalue weighted by Crippen LogP contribution is -2.18. The van der Waals surface area contributed by atoms with Gasteiger partial charge < -0.3 is 14.4 Å². The van der Waals surface area contributed by atoms with Crippen molar-refractivity contribution in [3.63, 3.8) is 0 Å². The molecule has 5 nitrogen and oxygen atoms in total. The first kappa shape index (κ1) is 23.6. The van der Waals surface area contributed by atoms with Gasteiger partial charge in [-0.3, -0.25) is 0 Å². The van der Waals surface area contributed by atoms with Crippen molar-refractivity contribution in [2.24, 2.45) is 0 Å². The number of hydrogen-bond acceptors (Lipinski definition) is 6. The Balaban J connectivity index is 1.71. The molecule has 7 heteroatoms. The quantitative estimate of drug-likeness (QED) is 0.294. The van der Waals surface area contributed by atoms with Crippen LogP contribution in [-0.4, -0.2) is 35.3 Å². The molecule has 0 radical (unpaired) electrons. The predicted molar refractivity (Wildman–Crippen MR) is 135 cm³/mol. The van der Waals surface area contributed by atoms with Gasteiger partial charge in [0.2, 0.25) is 0 Å². The average Bonchev–Trinajstić information content (AvgIpc) is 2.88. The molecule has 0 bridgehead atoms. The molecule has 0 saturated carbocycles. The second-order valence-corrected chi connectivity index (χ2v) is 8.33. The number of nitrogens with zero attached hydrogens (tertiary/aromatic N) is 3. The molecule has 1 aliphatic rings. The maximum atomic E-state index is 14.5. The summed E-state index contributed by atoms with van der Waals surface area (Å²) in [7, 11) is 3.26. The Kier molecular flexibility index (Phi) is 7.33. The molecule has 0 N–H and O–H groups in total. The number of halogens is 1. The van der Waals surface area contributed by atoms with Crippen LogP contribution in [0.1, 0.15) is 18.2 Å². The number of benzene rings is 2. The zero-order chi connectivity index (χ0) is 24.1. The molecule has 0 unspecified atom stereocenters. The number of hydrogen-bond donors (Lipinski definition) is 0. The van der Waals surface area contributed by atoms with Gasteiger partial charge in [0.25, 0.3) is 0 Å². The molecule has 0 fully saturated rings. The largest absolute Gasteiger partial charge is 0.493 e. The van der Waals surface area contributed by atoms with Gasteiger partial charge in [0.05, 0.1) is 25.6 Å². The number of aromatic nitrogens is 2. The maximum absolute atomic E-state index is 14.5. The number of allylic oxidation sites excluding steroid dienone is 4. The Hall–Kier alpha value is -3.58. The van der Waals surface area contributed by atoms with Crippen molar-refractivity contribution in [2.75, 3.05) is 20.5 Å².